The summed E-state index contributed by atoms with van der Waals surface area (Å²) < 4.78 is 0. The number of carbonyl (C=O) groups excluding carboxylic acids is 1. The topological polar surface area (TPSA) is 78.7 Å². The minimum Gasteiger partial charge on any atom is -0.324 e. The summed E-state index contributed by atoms with van der Waals surface area (Å²) in [5.41, 5.74) is 1.86. The lowest BCUT2D eigenvalue weighted by molar-refractivity contribution is -0.384. The molecule has 3 rings (SSSR count). The molecule has 1 aliphatic heterocycles. The van der Waals surface area contributed by atoms with Crippen LogP contribution in [-0.4, -0.2) is 46.9 Å². The van der Waals surface area contributed by atoms with E-state index in [9.17, 15) is 14.9 Å². The third-order valence-electron chi connectivity index (χ3n) is 5.34. The van der Waals surface area contributed by atoms with Gasteiger partial charge in [0.05, 0.1) is 4.92 Å². The lowest BCUT2D eigenvalue weighted by atomic mass is 9.92. The maximum absolute atomic E-state index is 12.6. The van der Waals surface area contributed by atoms with E-state index in [1.807, 2.05) is 13.1 Å². The first-order chi connectivity index (χ1) is 13.4. The standard InChI is InChI=1S/C21H26N4O3/c1-16-14-24(15-17-6-4-3-5-7-17)13-12-20(16)23(2)21(26)22-18-8-10-19(11-9-18)25(27)28/h3-11,16,20H,12-15H2,1-2H3,(H,22,26). The van der Waals surface area contributed by atoms with Crippen molar-refractivity contribution in [1.82, 2.24) is 9.80 Å². The van der Waals surface area contributed by atoms with Gasteiger partial charge in [-0.25, -0.2) is 4.79 Å². The zero-order valence-electron chi connectivity index (χ0n) is 16.2. The molecule has 1 N–H and O–H groups in total. The second-order valence-corrected chi connectivity index (χ2v) is 7.40. The number of amides is 2. The maximum atomic E-state index is 12.6. The van der Waals surface area contributed by atoms with Crippen molar-refractivity contribution in [3.63, 3.8) is 0 Å². The molecule has 0 radical (unpaired) electrons. The predicted molar refractivity (Wildman–Crippen MR) is 109 cm³/mol. The van der Waals surface area contributed by atoms with E-state index in [1.54, 1.807) is 17.0 Å². The van der Waals surface area contributed by atoms with Crippen LogP contribution in [0.4, 0.5) is 16.2 Å². The van der Waals surface area contributed by atoms with E-state index in [0.717, 1.165) is 26.1 Å². The Hall–Kier alpha value is -2.93. The number of rotatable bonds is 5. The van der Waals surface area contributed by atoms with Crippen LogP contribution in [0.5, 0.6) is 0 Å². The fourth-order valence-electron chi connectivity index (χ4n) is 3.81. The van der Waals surface area contributed by atoms with Crippen molar-refractivity contribution < 1.29 is 9.72 Å². The van der Waals surface area contributed by atoms with Gasteiger partial charge in [-0.2, -0.15) is 0 Å². The Morgan fingerprint density at radius 1 is 1.21 bits per heavy atom. The molecule has 1 heterocycles. The monoisotopic (exact) mass is 382 g/mol. The Balaban J connectivity index is 1.54. The van der Waals surface area contributed by atoms with Gasteiger partial charge >= 0.3 is 6.03 Å². The van der Waals surface area contributed by atoms with Gasteiger partial charge in [0.15, 0.2) is 0 Å². The summed E-state index contributed by atoms with van der Waals surface area (Å²) in [7, 11) is 1.81. The van der Waals surface area contributed by atoms with E-state index in [2.05, 4.69) is 41.4 Å². The van der Waals surface area contributed by atoms with Crippen molar-refractivity contribution in [2.45, 2.75) is 25.9 Å². The fraction of sp³-hybridized carbons (Fsp3) is 0.381. The number of benzene rings is 2. The highest BCUT2D eigenvalue weighted by Crippen LogP contribution is 2.24. The van der Waals surface area contributed by atoms with Crippen molar-refractivity contribution in [1.29, 1.82) is 0 Å². The molecular weight excluding hydrogens is 356 g/mol. The number of anilines is 1. The van der Waals surface area contributed by atoms with Crippen molar-refractivity contribution >= 4 is 17.4 Å². The number of carbonyl (C=O) groups is 1. The Morgan fingerprint density at radius 3 is 2.50 bits per heavy atom. The molecule has 148 valence electrons. The number of nitrogens with one attached hydrogen (secondary N) is 1. The molecule has 28 heavy (non-hydrogen) atoms. The van der Waals surface area contributed by atoms with Gasteiger partial charge < -0.3 is 10.2 Å². The highest BCUT2D eigenvalue weighted by atomic mass is 16.6. The third kappa shape index (κ3) is 4.86. The largest absolute Gasteiger partial charge is 0.324 e. The zero-order chi connectivity index (χ0) is 20.1. The van der Waals surface area contributed by atoms with Crippen LogP contribution in [-0.2, 0) is 6.54 Å². The number of piperidine rings is 1. The summed E-state index contributed by atoms with van der Waals surface area (Å²) in [6.07, 6.45) is 0.915. The molecular formula is C21H26N4O3. The number of hydrogen-bond acceptors (Lipinski definition) is 4. The second kappa shape index (κ2) is 8.84. The molecule has 7 heteroatoms. The molecule has 0 aromatic heterocycles. The maximum Gasteiger partial charge on any atom is 0.321 e. The normalized spacial score (nSPS) is 19.8. The van der Waals surface area contributed by atoms with Crippen LogP contribution in [0.25, 0.3) is 0 Å². The third-order valence-corrected chi connectivity index (χ3v) is 5.34. The molecule has 1 saturated heterocycles. The zero-order valence-corrected chi connectivity index (χ0v) is 16.2. The van der Waals surface area contributed by atoms with Crippen LogP contribution in [0.2, 0.25) is 0 Å². The Kier molecular flexibility index (Phi) is 6.26. The molecule has 0 spiro atoms. The molecule has 2 aromatic carbocycles. The fourth-order valence-corrected chi connectivity index (χ4v) is 3.81. The second-order valence-electron chi connectivity index (χ2n) is 7.40. The first-order valence-electron chi connectivity index (χ1n) is 9.48. The molecule has 2 atom stereocenters. The molecule has 2 aromatic rings. The lowest BCUT2D eigenvalue weighted by Gasteiger charge is -2.41. The Morgan fingerprint density at radius 2 is 1.89 bits per heavy atom. The summed E-state index contributed by atoms with van der Waals surface area (Å²) >= 11 is 0. The predicted octanol–water partition coefficient (Wildman–Crippen LogP) is 3.97. The summed E-state index contributed by atoms with van der Waals surface area (Å²) in [6.45, 7) is 4.99. The highest BCUT2D eigenvalue weighted by molar-refractivity contribution is 5.89. The summed E-state index contributed by atoms with van der Waals surface area (Å²) in [5, 5.41) is 13.6. The van der Waals surface area contributed by atoms with Crippen molar-refractivity contribution in [2.75, 3.05) is 25.5 Å². The highest BCUT2D eigenvalue weighted by Gasteiger charge is 2.31. The average Bonchev–Trinajstić information content (AvgIpc) is 2.69. The molecule has 0 aliphatic carbocycles. The van der Waals surface area contributed by atoms with Crippen molar-refractivity contribution in [2.24, 2.45) is 5.92 Å². The first-order valence-corrected chi connectivity index (χ1v) is 9.48. The number of nitro groups is 1. The summed E-state index contributed by atoms with van der Waals surface area (Å²) in [5.74, 6) is 0.352. The number of likely N-dealkylation sites (tertiary alicyclic amines) is 1. The van der Waals surface area contributed by atoms with Crippen LogP contribution in [0, 0.1) is 16.0 Å². The van der Waals surface area contributed by atoms with E-state index in [-0.39, 0.29) is 17.8 Å². The van der Waals surface area contributed by atoms with Crippen LogP contribution >= 0.6 is 0 Å². The molecule has 1 fully saturated rings. The quantitative estimate of drug-likeness (QED) is 0.627. The minimum atomic E-state index is -0.456. The van der Waals surface area contributed by atoms with Gasteiger partial charge in [0, 0.05) is 50.5 Å². The van der Waals surface area contributed by atoms with Gasteiger partial charge in [-0.1, -0.05) is 37.3 Å². The Bertz CT molecular complexity index is 810. The average molecular weight is 382 g/mol. The minimum absolute atomic E-state index is 0.00534. The van der Waals surface area contributed by atoms with Gasteiger partial charge in [-0.3, -0.25) is 15.0 Å². The first kappa shape index (κ1) is 19.8. The molecule has 1 aliphatic rings. The molecule has 2 amide bonds. The van der Waals surface area contributed by atoms with Crippen molar-refractivity contribution in [3.8, 4) is 0 Å². The molecule has 7 nitrogen and oxygen atoms in total. The van der Waals surface area contributed by atoms with E-state index < -0.39 is 4.92 Å². The van der Waals surface area contributed by atoms with Gasteiger partial charge in [0.25, 0.3) is 5.69 Å². The van der Waals surface area contributed by atoms with Gasteiger partial charge in [0.2, 0.25) is 0 Å². The SMILES string of the molecule is CC1CN(Cc2ccccc2)CCC1N(C)C(=O)Nc1ccc([N+](=O)[O-])cc1. The van der Waals surface area contributed by atoms with Crippen LogP contribution in [0.15, 0.2) is 54.6 Å². The van der Waals surface area contributed by atoms with Crippen molar-refractivity contribution in [3.05, 3.63) is 70.3 Å². The number of non-ortho nitro benzene ring substituents is 1. The van der Waals surface area contributed by atoms with Crippen LogP contribution < -0.4 is 5.32 Å². The number of nitrogens with zero attached hydrogens (tertiary/aromatic N) is 3. The van der Waals surface area contributed by atoms with E-state index in [1.165, 1.54) is 17.7 Å². The lowest BCUT2D eigenvalue weighted by Crippen LogP contribution is -2.51. The van der Waals surface area contributed by atoms with E-state index >= 15 is 0 Å². The Labute approximate surface area is 165 Å². The molecule has 0 bridgehead atoms. The van der Waals surface area contributed by atoms with Crippen LogP contribution in [0.1, 0.15) is 18.9 Å². The summed E-state index contributed by atoms with van der Waals surface area (Å²) in [6, 6.07) is 16.3. The number of nitro benzene ring substituents is 1. The van der Waals surface area contributed by atoms with Gasteiger partial charge in [-0.05, 0) is 30.0 Å². The summed E-state index contributed by atoms with van der Waals surface area (Å²) in [4.78, 5) is 27.1. The smallest absolute Gasteiger partial charge is 0.321 e. The van der Waals surface area contributed by atoms with Gasteiger partial charge in [0.1, 0.15) is 0 Å². The molecule has 0 saturated carbocycles. The van der Waals surface area contributed by atoms with E-state index in [0.29, 0.717) is 11.6 Å². The van der Waals surface area contributed by atoms with Gasteiger partial charge in [-0.15, -0.1) is 0 Å². The number of urea groups is 1. The van der Waals surface area contributed by atoms with E-state index in [4.69, 9.17) is 0 Å². The van der Waals surface area contributed by atoms with Crippen LogP contribution in [0.3, 0.4) is 0 Å². The molecule has 2 unspecified atom stereocenters. The number of hydrogen-bond donors (Lipinski definition) is 1.